The molecule has 1 aliphatic heterocycles. The van der Waals surface area contributed by atoms with Crippen molar-refractivity contribution in [2.45, 2.75) is 12.5 Å². The van der Waals surface area contributed by atoms with Gasteiger partial charge in [-0.25, -0.2) is 18.2 Å². The minimum Gasteiger partial charge on any atom is -0.330 e. The second-order valence-electron chi connectivity index (χ2n) is 4.81. The van der Waals surface area contributed by atoms with Crippen molar-refractivity contribution in [1.29, 1.82) is 0 Å². The number of rotatable bonds is 2. The molecule has 2 aromatic rings. The summed E-state index contributed by atoms with van der Waals surface area (Å²) >= 11 is 0. The summed E-state index contributed by atoms with van der Waals surface area (Å²) in [5.41, 5.74) is -0.0583. The van der Waals surface area contributed by atoms with Gasteiger partial charge in [0.1, 0.15) is 11.6 Å². The van der Waals surface area contributed by atoms with Gasteiger partial charge in [0, 0.05) is 18.2 Å². The van der Waals surface area contributed by atoms with Crippen LogP contribution in [0.1, 0.15) is 28.5 Å². The average molecular weight is 292 g/mol. The standard InChI is InChI=1S/C15H11F3N2O/c16-9-7-12(18)14(19-8-9)15(21)20-6-5-13(20)10-3-1-2-4-11(10)17/h1-4,7-8,13H,5-6H2/t13-/m1/s1. The number of benzene rings is 1. The van der Waals surface area contributed by atoms with Crippen molar-refractivity contribution in [3.63, 3.8) is 0 Å². The fourth-order valence-corrected chi connectivity index (χ4v) is 2.41. The molecule has 0 spiro atoms. The molecule has 1 aliphatic rings. The maximum absolute atomic E-state index is 13.8. The predicted molar refractivity (Wildman–Crippen MR) is 68.9 cm³/mol. The van der Waals surface area contributed by atoms with Gasteiger partial charge in [-0.05, 0) is 12.5 Å². The maximum Gasteiger partial charge on any atom is 0.276 e. The second-order valence-corrected chi connectivity index (χ2v) is 4.81. The van der Waals surface area contributed by atoms with E-state index in [0.717, 1.165) is 6.20 Å². The average Bonchev–Trinajstić information content (AvgIpc) is 2.40. The molecule has 6 heteroatoms. The van der Waals surface area contributed by atoms with Crippen LogP contribution in [0.3, 0.4) is 0 Å². The summed E-state index contributed by atoms with van der Waals surface area (Å²) in [4.78, 5) is 17.1. The molecule has 0 saturated carbocycles. The Morgan fingerprint density at radius 3 is 2.57 bits per heavy atom. The number of carbonyl (C=O) groups is 1. The largest absolute Gasteiger partial charge is 0.330 e. The molecular formula is C15H11F3N2O. The van der Waals surface area contributed by atoms with E-state index in [1.54, 1.807) is 18.2 Å². The van der Waals surface area contributed by atoms with Crippen molar-refractivity contribution in [2.24, 2.45) is 0 Å². The van der Waals surface area contributed by atoms with Crippen molar-refractivity contribution in [2.75, 3.05) is 6.54 Å². The van der Waals surface area contributed by atoms with Gasteiger partial charge in [0.25, 0.3) is 5.91 Å². The van der Waals surface area contributed by atoms with Crippen LogP contribution in [-0.2, 0) is 0 Å². The van der Waals surface area contributed by atoms with E-state index in [0.29, 0.717) is 24.6 Å². The van der Waals surface area contributed by atoms with Gasteiger partial charge in [-0.2, -0.15) is 0 Å². The third-order valence-electron chi connectivity index (χ3n) is 3.56. The first-order valence-electron chi connectivity index (χ1n) is 6.44. The lowest BCUT2D eigenvalue weighted by Gasteiger charge is -2.41. The van der Waals surface area contributed by atoms with E-state index in [1.165, 1.54) is 11.0 Å². The van der Waals surface area contributed by atoms with Crippen molar-refractivity contribution < 1.29 is 18.0 Å². The van der Waals surface area contributed by atoms with E-state index in [9.17, 15) is 18.0 Å². The summed E-state index contributed by atoms with van der Waals surface area (Å²) < 4.78 is 40.2. The van der Waals surface area contributed by atoms with Gasteiger partial charge < -0.3 is 4.90 Å². The first kappa shape index (κ1) is 13.6. The first-order valence-corrected chi connectivity index (χ1v) is 6.44. The zero-order valence-electron chi connectivity index (χ0n) is 10.9. The molecule has 108 valence electrons. The van der Waals surface area contributed by atoms with Gasteiger partial charge in [-0.15, -0.1) is 0 Å². The Morgan fingerprint density at radius 1 is 1.19 bits per heavy atom. The Balaban J connectivity index is 1.87. The molecule has 0 N–H and O–H groups in total. The summed E-state index contributed by atoms with van der Waals surface area (Å²) in [6.07, 6.45) is 1.38. The van der Waals surface area contributed by atoms with Crippen LogP contribution in [-0.4, -0.2) is 22.3 Å². The molecule has 1 amide bonds. The topological polar surface area (TPSA) is 33.2 Å². The van der Waals surface area contributed by atoms with Gasteiger partial charge in [0.05, 0.1) is 12.2 Å². The van der Waals surface area contributed by atoms with Gasteiger partial charge in [0.2, 0.25) is 0 Å². The Hall–Kier alpha value is -2.37. The predicted octanol–water partition coefficient (Wildman–Crippen LogP) is 3.09. The number of aromatic nitrogens is 1. The fraction of sp³-hybridized carbons (Fsp3) is 0.200. The third kappa shape index (κ3) is 2.37. The molecule has 3 rings (SSSR count). The molecule has 0 radical (unpaired) electrons. The van der Waals surface area contributed by atoms with Crippen LogP contribution in [0.2, 0.25) is 0 Å². The molecule has 0 bridgehead atoms. The monoisotopic (exact) mass is 292 g/mol. The normalized spacial score (nSPS) is 17.5. The molecule has 21 heavy (non-hydrogen) atoms. The van der Waals surface area contributed by atoms with Crippen molar-refractivity contribution in [3.8, 4) is 0 Å². The maximum atomic E-state index is 13.8. The van der Waals surface area contributed by atoms with Crippen LogP contribution in [0.15, 0.2) is 36.5 Å². The summed E-state index contributed by atoms with van der Waals surface area (Å²) in [6, 6.07) is 6.31. The third-order valence-corrected chi connectivity index (χ3v) is 3.56. The van der Waals surface area contributed by atoms with Gasteiger partial charge in [-0.1, -0.05) is 18.2 Å². The van der Waals surface area contributed by atoms with E-state index < -0.39 is 35.1 Å². The highest BCUT2D eigenvalue weighted by molar-refractivity contribution is 5.93. The summed E-state index contributed by atoms with van der Waals surface area (Å²) in [6.45, 7) is 0.385. The van der Waals surface area contributed by atoms with Gasteiger partial charge in [-0.3, -0.25) is 4.79 Å². The zero-order chi connectivity index (χ0) is 15.0. The molecule has 0 unspecified atom stereocenters. The number of pyridine rings is 1. The summed E-state index contributed by atoms with van der Waals surface area (Å²) in [7, 11) is 0. The van der Waals surface area contributed by atoms with Gasteiger partial charge in [0.15, 0.2) is 11.5 Å². The molecule has 1 atom stereocenters. The second kappa shape index (κ2) is 5.20. The van der Waals surface area contributed by atoms with Gasteiger partial charge >= 0.3 is 0 Å². The van der Waals surface area contributed by atoms with Crippen LogP contribution < -0.4 is 0 Å². The van der Waals surface area contributed by atoms with Crippen molar-refractivity contribution >= 4 is 5.91 Å². The lowest BCUT2D eigenvalue weighted by atomic mass is 9.93. The van der Waals surface area contributed by atoms with Crippen molar-refractivity contribution in [1.82, 2.24) is 9.88 Å². The van der Waals surface area contributed by atoms with Crippen LogP contribution in [0.5, 0.6) is 0 Å². The fourth-order valence-electron chi connectivity index (χ4n) is 2.41. The summed E-state index contributed by atoms with van der Waals surface area (Å²) in [5, 5.41) is 0. The highest BCUT2D eigenvalue weighted by Crippen LogP contribution is 2.35. The van der Waals surface area contributed by atoms with E-state index in [2.05, 4.69) is 4.98 Å². The molecule has 2 heterocycles. The van der Waals surface area contributed by atoms with Crippen LogP contribution >= 0.6 is 0 Å². The Morgan fingerprint density at radius 2 is 1.95 bits per heavy atom. The lowest BCUT2D eigenvalue weighted by molar-refractivity contribution is 0.0441. The number of amides is 1. The van der Waals surface area contributed by atoms with E-state index in [-0.39, 0.29) is 0 Å². The number of hydrogen-bond donors (Lipinski definition) is 0. The Labute approximate surface area is 119 Å². The Kier molecular flexibility index (Phi) is 3.37. The highest BCUT2D eigenvalue weighted by atomic mass is 19.1. The number of carbonyl (C=O) groups excluding carboxylic acids is 1. The van der Waals surface area contributed by atoms with Crippen LogP contribution in [0.4, 0.5) is 13.2 Å². The lowest BCUT2D eigenvalue weighted by Crippen LogP contribution is -2.46. The van der Waals surface area contributed by atoms with Crippen LogP contribution in [0.25, 0.3) is 0 Å². The first-order chi connectivity index (χ1) is 10.1. The smallest absolute Gasteiger partial charge is 0.276 e. The minimum absolute atomic E-state index is 0.385. The molecule has 1 fully saturated rings. The molecule has 3 nitrogen and oxygen atoms in total. The highest BCUT2D eigenvalue weighted by Gasteiger charge is 2.36. The molecule has 0 aliphatic carbocycles. The zero-order valence-corrected chi connectivity index (χ0v) is 10.9. The Bertz CT molecular complexity index is 705. The van der Waals surface area contributed by atoms with Crippen molar-refractivity contribution in [3.05, 3.63) is 65.2 Å². The molecule has 1 aromatic heterocycles. The number of nitrogens with zero attached hydrogens (tertiary/aromatic N) is 2. The molecule has 1 saturated heterocycles. The SMILES string of the molecule is O=C(c1ncc(F)cc1F)N1CC[C@@H]1c1ccccc1F. The van der Waals surface area contributed by atoms with E-state index in [4.69, 9.17) is 0 Å². The summed E-state index contributed by atoms with van der Waals surface area (Å²) in [5.74, 6) is -2.93. The van der Waals surface area contributed by atoms with Crippen LogP contribution in [0, 0.1) is 17.5 Å². The number of halogens is 3. The quantitative estimate of drug-likeness (QED) is 0.852. The molecule has 1 aromatic carbocycles. The number of hydrogen-bond acceptors (Lipinski definition) is 2. The number of likely N-dealkylation sites (tertiary alicyclic amines) is 1. The molecular weight excluding hydrogens is 281 g/mol. The van der Waals surface area contributed by atoms with E-state index in [1.807, 2.05) is 0 Å². The van der Waals surface area contributed by atoms with E-state index >= 15 is 0 Å². The minimum atomic E-state index is -1.01.